The van der Waals surface area contributed by atoms with E-state index in [1.807, 2.05) is 13.8 Å². The first kappa shape index (κ1) is 30.0. The standard InChI is InChI=1S/C26H35F2N3O5S/c1-6-18(2)29-26(33)19(3)30(17-20-9-12-22(36-4)13-10-20)25(32)8-7-15-31(37(5,34)35)21-11-14-23(27)24(28)16-21/h9-14,16,18-19H,6-8,15,17H2,1-5H3,(H,29,33)/t18-,19-/m0/s1. The van der Waals surface area contributed by atoms with Crippen LogP contribution in [0.5, 0.6) is 5.75 Å². The molecule has 0 aliphatic rings. The van der Waals surface area contributed by atoms with Crippen molar-refractivity contribution in [2.24, 2.45) is 0 Å². The van der Waals surface area contributed by atoms with Gasteiger partial charge in [0.05, 0.1) is 19.1 Å². The number of carbonyl (C=O) groups excluding carboxylic acids is 2. The van der Waals surface area contributed by atoms with Crippen molar-refractivity contribution in [3.63, 3.8) is 0 Å². The van der Waals surface area contributed by atoms with Gasteiger partial charge in [0, 0.05) is 31.6 Å². The Morgan fingerprint density at radius 3 is 2.24 bits per heavy atom. The van der Waals surface area contributed by atoms with E-state index in [0.717, 1.165) is 34.7 Å². The zero-order chi connectivity index (χ0) is 27.8. The van der Waals surface area contributed by atoms with Crippen LogP contribution in [0.15, 0.2) is 42.5 Å². The minimum absolute atomic E-state index is 0.0368. The van der Waals surface area contributed by atoms with E-state index in [4.69, 9.17) is 4.74 Å². The number of ether oxygens (including phenoxy) is 1. The maximum absolute atomic E-state index is 13.7. The summed E-state index contributed by atoms with van der Waals surface area (Å²) in [6, 6.07) is 9.09. The second kappa shape index (κ2) is 13.4. The lowest BCUT2D eigenvalue weighted by Crippen LogP contribution is -2.49. The van der Waals surface area contributed by atoms with Crippen molar-refractivity contribution in [2.45, 2.75) is 58.7 Å². The number of benzene rings is 2. The zero-order valence-corrected chi connectivity index (χ0v) is 22.6. The maximum atomic E-state index is 13.7. The van der Waals surface area contributed by atoms with E-state index in [2.05, 4.69) is 5.32 Å². The monoisotopic (exact) mass is 539 g/mol. The van der Waals surface area contributed by atoms with E-state index >= 15 is 0 Å². The van der Waals surface area contributed by atoms with Gasteiger partial charge in [-0.05, 0) is 56.5 Å². The molecule has 0 aliphatic heterocycles. The first-order valence-corrected chi connectivity index (χ1v) is 13.9. The topological polar surface area (TPSA) is 96.0 Å². The summed E-state index contributed by atoms with van der Waals surface area (Å²) < 4.78 is 57.8. The molecule has 0 bridgehead atoms. The number of methoxy groups -OCH3 is 1. The van der Waals surface area contributed by atoms with E-state index in [-0.39, 0.29) is 49.5 Å². The molecule has 0 fully saturated rings. The summed E-state index contributed by atoms with van der Waals surface area (Å²) in [4.78, 5) is 27.6. The van der Waals surface area contributed by atoms with Crippen LogP contribution in [0.4, 0.5) is 14.5 Å². The molecule has 0 heterocycles. The summed E-state index contributed by atoms with van der Waals surface area (Å²) in [5.74, 6) is -2.25. The van der Waals surface area contributed by atoms with Gasteiger partial charge in [0.2, 0.25) is 21.8 Å². The van der Waals surface area contributed by atoms with Gasteiger partial charge in [-0.1, -0.05) is 19.1 Å². The van der Waals surface area contributed by atoms with Gasteiger partial charge in [0.25, 0.3) is 0 Å². The van der Waals surface area contributed by atoms with Crippen molar-refractivity contribution in [3.05, 3.63) is 59.7 Å². The van der Waals surface area contributed by atoms with Crippen molar-refractivity contribution in [1.82, 2.24) is 10.2 Å². The quantitative estimate of drug-likeness (QED) is 0.417. The minimum Gasteiger partial charge on any atom is -0.497 e. The maximum Gasteiger partial charge on any atom is 0.242 e. The number of nitrogens with one attached hydrogen (secondary N) is 1. The average molecular weight is 540 g/mol. The molecule has 11 heteroatoms. The number of halogens is 2. The second-order valence-electron chi connectivity index (χ2n) is 8.90. The lowest BCUT2D eigenvalue weighted by atomic mass is 10.1. The summed E-state index contributed by atoms with van der Waals surface area (Å²) in [6.07, 6.45) is 1.72. The van der Waals surface area contributed by atoms with E-state index in [1.165, 1.54) is 11.0 Å². The molecule has 204 valence electrons. The Morgan fingerprint density at radius 1 is 1.05 bits per heavy atom. The first-order chi connectivity index (χ1) is 17.4. The molecule has 37 heavy (non-hydrogen) atoms. The fraction of sp³-hybridized carbons (Fsp3) is 0.462. The Bertz CT molecular complexity index is 1180. The highest BCUT2D eigenvalue weighted by molar-refractivity contribution is 7.92. The number of hydrogen-bond donors (Lipinski definition) is 1. The first-order valence-electron chi connectivity index (χ1n) is 12.0. The van der Waals surface area contributed by atoms with Gasteiger partial charge in [-0.15, -0.1) is 0 Å². The van der Waals surface area contributed by atoms with Crippen molar-refractivity contribution >= 4 is 27.5 Å². The molecule has 2 aromatic carbocycles. The molecule has 0 aromatic heterocycles. The largest absolute Gasteiger partial charge is 0.497 e. The Balaban J connectivity index is 2.19. The highest BCUT2D eigenvalue weighted by Crippen LogP contribution is 2.22. The van der Waals surface area contributed by atoms with E-state index in [0.29, 0.717) is 5.75 Å². The predicted molar refractivity (Wildman–Crippen MR) is 139 cm³/mol. The molecule has 0 aliphatic carbocycles. The molecule has 0 spiro atoms. The Kier molecular flexibility index (Phi) is 10.8. The van der Waals surface area contributed by atoms with Crippen molar-refractivity contribution in [1.29, 1.82) is 0 Å². The van der Waals surface area contributed by atoms with E-state index in [1.54, 1.807) is 38.3 Å². The van der Waals surface area contributed by atoms with E-state index < -0.39 is 27.7 Å². The van der Waals surface area contributed by atoms with Gasteiger partial charge in [-0.3, -0.25) is 13.9 Å². The van der Waals surface area contributed by atoms with Gasteiger partial charge in [-0.2, -0.15) is 0 Å². The third-order valence-electron chi connectivity index (χ3n) is 6.02. The zero-order valence-electron chi connectivity index (χ0n) is 21.8. The van der Waals surface area contributed by atoms with Crippen LogP contribution in [-0.4, -0.2) is 57.1 Å². The Morgan fingerprint density at radius 2 is 1.70 bits per heavy atom. The highest BCUT2D eigenvalue weighted by atomic mass is 32.2. The molecule has 2 aromatic rings. The molecule has 1 N–H and O–H groups in total. The SMILES string of the molecule is CC[C@H](C)NC(=O)[C@H](C)N(Cc1ccc(OC)cc1)C(=O)CCCN(c1ccc(F)c(F)c1)S(C)(=O)=O. The van der Waals surface area contributed by atoms with E-state index in [9.17, 15) is 26.8 Å². The van der Waals surface area contributed by atoms with Crippen LogP contribution < -0.4 is 14.4 Å². The van der Waals surface area contributed by atoms with Crippen molar-refractivity contribution < 1.29 is 31.5 Å². The molecule has 8 nitrogen and oxygen atoms in total. The lowest BCUT2D eigenvalue weighted by molar-refractivity contribution is -0.140. The fourth-order valence-corrected chi connectivity index (χ4v) is 4.58. The number of rotatable bonds is 13. The number of anilines is 1. The summed E-state index contributed by atoms with van der Waals surface area (Å²) in [5.41, 5.74) is 0.752. The summed E-state index contributed by atoms with van der Waals surface area (Å²) in [7, 11) is -2.28. The van der Waals surface area contributed by atoms with Crippen LogP contribution in [-0.2, 0) is 26.2 Å². The number of carbonyl (C=O) groups is 2. The summed E-state index contributed by atoms with van der Waals surface area (Å²) in [5, 5.41) is 2.89. The Hall–Kier alpha value is -3.21. The van der Waals surface area contributed by atoms with Crippen LogP contribution in [0.25, 0.3) is 0 Å². The van der Waals surface area contributed by atoms with Gasteiger partial charge in [0.15, 0.2) is 11.6 Å². The van der Waals surface area contributed by atoms with Crippen LogP contribution in [0, 0.1) is 11.6 Å². The smallest absolute Gasteiger partial charge is 0.242 e. The third kappa shape index (κ3) is 8.70. The van der Waals surface area contributed by atoms with Crippen molar-refractivity contribution in [2.75, 3.05) is 24.2 Å². The predicted octanol–water partition coefficient (Wildman–Crippen LogP) is 3.85. The summed E-state index contributed by atoms with van der Waals surface area (Å²) in [6.45, 7) is 5.49. The van der Waals surface area contributed by atoms with Crippen LogP contribution in [0.3, 0.4) is 0 Å². The van der Waals surface area contributed by atoms with Crippen molar-refractivity contribution in [3.8, 4) is 5.75 Å². The number of sulfonamides is 1. The van der Waals surface area contributed by atoms with Crippen LogP contribution >= 0.6 is 0 Å². The molecule has 0 saturated heterocycles. The second-order valence-corrected chi connectivity index (χ2v) is 10.8. The highest BCUT2D eigenvalue weighted by Gasteiger charge is 2.27. The number of amides is 2. The normalized spacial score (nSPS) is 12.9. The van der Waals surface area contributed by atoms with Crippen LogP contribution in [0.1, 0.15) is 45.6 Å². The van der Waals surface area contributed by atoms with Gasteiger partial charge < -0.3 is 15.0 Å². The Labute approximate surface area is 217 Å². The molecule has 2 atom stereocenters. The fourth-order valence-electron chi connectivity index (χ4n) is 3.62. The van der Waals surface area contributed by atoms with Crippen LogP contribution in [0.2, 0.25) is 0 Å². The van der Waals surface area contributed by atoms with Gasteiger partial charge in [-0.25, -0.2) is 17.2 Å². The molecular weight excluding hydrogens is 504 g/mol. The number of hydrogen-bond acceptors (Lipinski definition) is 5. The van der Waals surface area contributed by atoms with Gasteiger partial charge >= 0.3 is 0 Å². The molecule has 2 amide bonds. The molecular formula is C26H35F2N3O5S. The molecule has 2 rings (SSSR count). The average Bonchev–Trinajstić information content (AvgIpc) is 2.85. The minimum atomic E-state index is -3.82. The number of nitrogens with zero attached hydrogens (tertiary/aromatic N) is 2. The lowest BCUT2D eigenvalue weighted by Gasteiger charge is -2.30. The summed E-state index contributed by atoms with van der Waals surface area (Å²) >= 11 is 0. The third-order valence-corrected chi connectivity index (χ3v) is 7.22. The van der Waals surface area contributed by atoms with Gasteiger partial charge in [0.1, 0.15) is 11.8 Å². The molecule has 0 radical (unpaired) electrons. The molecule has 0 saturated carbocycles. The molecule has 0 unspecified atom stereocenters.